The summed E-state index contributed by atoms with van der Waals surface area (Å²) >= 11 is 3.12. The molecule has 0 fully saturated rings. The van der Waals surface area contributed by atoms with E-state index < -0.39 is 4.92 Å². The van der Waals surface area contributed by atoms with Crippen LogP contribution in [-0.2, 0) is 0 Å². The number of rotatable bonds is 4. The molecule has 0 aliphatic rings. The van der Waals surface area contributed by atoms with Crippen molar-refractivity contribution >= 4 is 27.4 Å². The number of carbonyl (C=O) groups excluding carboxylic acids is 1. The Bertz CT molecular complexity index is 406. The number of benzene rings is 1. The van der Waals surface area contributed by atoms with Crippen LogP contribution in [0.4, 0.5) is 5.69 Å². The van der Waals surface area contributed by atoms with Crippen molar-refractivity contribution in [3.05, 3.63) is 38.3 Å². The Labute approximate surface area is 94.8 Å². The fraction of sp³-hybridized carbons (Fsp3) is 0.222. The van der Waals surface area contributed by atoms with Crippen LogP contribution in [0.15, 0.2) is 22.7 Å². The maximum Gasteiger partial charge on any atom is 0.271 e. The van der Waals surface area contributed by atoms with Crippen molar-refractivity contribution in [1.29, 1.82) is 0 Å². The van der Waals surface area contributed by atoms with Gasteiger partial charge in [-0.1, -0.05) is 15.9 Å². The number of nitrogens with one attached hydrogen (secondary N) is 1. The monoisotopic (exact) mass is 272 g/mol. The van der Waals surface area contributed by atoms with E-state index in [1.165, 1.54) is 12.1 Å². The Morgan fingerprint density at radius 3 is 2.73 bits per heavy atom. The Morgan fingerprint density at radius 1 is 1.53 bits per heavy atom. The summed E-state index contributed by atoms with van der Waals surface area (Å²) < 4.78 is 0.524. The first-order valence-corrected chi connectivity index (χ1v) is 4.96. The fourth-order valence-electron chi connectivity index (χ4n) is 1.10. The van der Waals surface area contributed by atoms with Gasteiger partial charge in [0, 0.05) is 22.2 Å². The highest BCUT2D eigenvalue weighted by Gasteiger charge is 2.12. The predicted molar refractivity (Wildman–Crippen MR) is 59.1 cm³/mol. The molecule has 0 spiro atoms. The van der Waals surface area contributed by atoms with Gasteiger partial charge in [-0.05, 0) is 13.1 Å². The third-order valence-electron chi connectivity index (χ3n) is 1.75. The predicted octanol–water partition coefficient (Wildman–Crippen LogP) is 1.76. The van der Waals surface area contributed by atoms with Gasteiger partial charge >= 0.3 is 0 Å². The third-order valence-corrected chi connectivity index (χ3v) is 2.21. The molecule has 0 saturated carbocycles. The number of likely N-dealkylation sites (N-methyl/N-ethyl adjacent to an activating group) is 1. The molecule has 5 nitrogen and oxygen atoms in total. The molecule has 0 aliphatic carbocycles. The topological polar surface area (TPSA) is 72.2 Å². The van der Waals surface area contributed by atoms with Crippen molar-refractivity contribution < 1.29 is 9.72 Å². The van der Waals surface area contributed by atoms with E-state index in [1.807, 2.05) is 0 Å². The largest absolute Gasteiger partial charge is 0.313 e. The van der Waals surface area contributed by atoms with Crippen LogP contribution >= 0.6 is 15.9 Å². The Kier molecular flexibility index (Phi) is 3.93. The SMILES string of the molecule is CNCC(=O)c1cc(Br)cc([N+](=O)[O-])c1. The average Bonchev–Trinajstić information content (AvgIpc) is 2.17. The summed E-state index contributed by atoms with van der Waals surface area (Å²) in [5.41, 5.74) is 0.231. The van der Waals surface area contributed by atoms with Gasteiger partial charge in [0.05, 0.1) is 11.5 Å². The number of hydrogen-bond acceptors (Lipinski definition) is 4. The summed E-state index contributed by atoms with van der Waals surface area (Å²) in [4.78, 5) is 21.5. The molecule has 1 aromatic rings. The summed E-state index contributed by atoms with van der Waals surface area (Å²) in [5, 5.41) is 13.2. The molecule has 0 aromatic heterocycles. The Morgan fingerprint density at radius 2 is 2.20 bits per heavy atom. The molecule has 0 bridgehead atoms. The van der Waals surface area contributed by atoms with E-state index in [1.54, 1.807) is 13.1 Å². The summed E-state index contributed by atoms with van der Waals surface area (Å²) in [6.45, 7) is 0.160. The molecular formula is C9H9BrN2O3. The maximum atomic E-state index is 11.5. The van der Waals surface area contributed by atoms with Gasteiger partial charge in [-0.15, -0.1) is 0 Å². The standard InChI is InChI=1S/C9H9BrN2O3/c1-11-5-9(13)6-2-7(10)4-8(3-6)12(14)15/h2-4,11H,5H2,1H3. The van der Waals surface area contributed by atoms with Crippen molar-refractivity contribution in [3.8, 4) is 0 Å². The van der Waals surface area contributed by atoms with Gasteiger partial charge in [0.1, 0.15) is 0 Å². The quantitative estimate of drug-likeness (QED) is 0.515. The second kappa shape index (κ2) is 4.99. The van der Waals surface area contributed by atoms with Gasteiger partial charge in [0.2, 0.25) is 0 Å². The second-order valence-electron chi connectivity index (χ2n) is 2.91. The van der Waals surface area contributed by atoms with Gasteiger partial charge in [-0.2, -0.15) is 0 Å². The van der Waals surface area contributed by atoms with Gasteiger partial charge in [-0.25, -0.2) is 0 Å². The minimum Gasteiger partial charge on any atom is -0.313 e. The maximum absolute atomic E-state index is 11.5. The van der Waals surface area contributed by atoms with E-state index in [0.29, 0.717) is 10.0 Å². The van der Waals surface area contributed by atoms with E-state index in [2.05, 4.69) is 21.2 Å². The van der Waals surface area contributed by atoms with Crippen LogP contribution in [0, 0.1) is 10.1 Å². The normalized spacial score (nSPS) is 10.0. The first kappa shape index (κ1) is 11.8. The highest BCUT2D eigenvalue weighted by Crippen LogP contribution is 2.21. The Balaban J connectivity index is 3.09. The van der Waals surface area contributed by atoms with Crippen LogP contribution in [0.5, 0.6) is 0 Å². The molecule has 1 N–H and O–H groups in total. The van der Waals surface area contributed by atoms with Gasteiger partial charge in [-0.3, -0.25) is 14.9 Å². The molecule has 0 saturated heterocycles. The number of non-ortho nitro benzene ring substituents is 1. The van der Waals surface area contributed by atoms with Gasteiger partial charge < -0.3 is 5.32 Å². The molecule has 1 aromatic carbocycles. The number of halogens is 1. The molecule has 0 atom stereocenters. The lowest BCUT2D eigenvalue weighted by Gasteiger charge is -2.01. The lowest BCUT2D eigenvalue weighted by Crippen LogP contribution is -2.18. The summed E-state index contributed by atoms with van der Waals surface area (Å²) in [6.07, 6.45) is 0. The van der Waals surface area contributed by atoms with E-state index in [4.69, 9.17) is 0 Å². The first-order chi connectivity index (χ1) is 7.04. The van der Waals surface area contributed by atoms with E-state index >= 15 is 0 Å². The average molecular weight is 273 g/mol. The molecule has 1 rings (SSSR count). The second-order valence-corrected chi connectivity index (χ2v) is 3.82. The molecule has 0 aliphatic heterocycles. The lowest BCUT2D eigenvalue weighted by atomic mass is 10.1. The van der Waals surface area contributed by atoms with Crippen LogP contribution in [0.25, 0.3) is 0 Å². The van der Waals surface area contributed by atoms with Crippen LogP contribution in [0.3, 0.4) is 0 Å². The lowest BCUT2D eigenvalue weighted by molar-refractivity contribution is -0.384. The van der Waals surface area contributed by atoms with E-state index in [9.17, 15) is 14.9 Å². The number of nitro benzene ring substituents is 1. The minimum absolute atomic E-state index is 0.0937. The van der Waals surface area contributed by atoms with Crippen molar-refractivity contribution in [3.63, 3.8) is 0 Å². The number of nitrogens with zero attached hydrogens (tertiary/aromatic N) is 1. The number of hydrogen-bond donors (Lipinski definition) is 1. The molecule has 0 radical (unpaired) electrons. The van der Waals surface area contributed by atoms with Crippen LogP contribution in [-0.4, -0.2) is 24.3 Å². The van der Waals surface area contributed by atoms with Crippen molar-refractivity contribution in [2.45, 2.75) is 0 Å². The van der Waals surface area contributed by atoms with Gasteiger partial charge in [0.25, 0.3) is 5.69 Å². The van der Waals surface area contributed by atoms with Crippen molar-refractivity contribution in [2.75, 3.05) is 13.6 Å². The zero-order chi connectivity index (χ0) is 11.4. The number of Topliss-reactive ketones (excluding diaryl/α,β-unsaturated/α-hetero) is 1. The first-order valence-electron chi connectivity index (χ1n) is 4.17. The van der Waals surface area contributed by atoms with Crippen LogP contribution in [0.2, 0.25) is 0 Å². The number of ketones is 1. The van der Waals surface area contributed by atoms with Crippen molar-refractivity contribution in [1.82, 2.24) is 5.32 Å². The molecule has 6 heteroatoms. The van der Waals surface area contributed by atoms with Gasteiger partial charge in [0.15, 0.2) is 5.78 Å². The number of carbonyl (C=O) groups is 1. The third kappa shape index (κ3) is 3.10. The fourth-order valence-corrected chi connectivity index (χ4v) is 1.58. The molecule has 80 valence electrons. The highest BCUT2D eigenvalue weighted by atomic mass is 79.9. The van der Waals surface area contributed by atoms with E-state index in [-0.39, 0.29) is 18.0 Å². The Hall–Kier alpha value is -1.27. The molecule has 15 heavy (non-hydrogen) atoms. The van der Waals surface area contributed by atoms with Crippen LogP contribution < -0.4 is 5.32 Å². The summed E-state index contributed by atoms with van der Waals surface area (Å²) in [7, 11) is 1.64. The molecular weight excluding hydrogens is 264 g/mol. The number of nitro groups is 1. The minimum atomic E-state index is -0.527. The smallest absolute Gasteiger partial charge is 0.271 e. The zero-order valence-electron chi connectivity index (χ0n) is 7.99. The summed E-state index contributed by atoms with van der Waals surface area (Å²) in [5.74, 6) is -0.179. The zero-order valence-corrected chi connectivity index (χ0v) is 9.58. The summed E-state index contributed by atoms with van der Waals surface area (Å²) in [6, 6.07) is 4.19. The molecule has 0 heterocycles. The van der Waals surface area contributed by atoms with E-state index in [0.717, 1.165) is 0 Å². The molecule has 0 amide bonds. The highest BCUT2D eigenvalue weighted by molar-refractivity contribution is 9.10. The van der Waals surface area contributed by atoms with Crippen LogP contribution in [0.1, 0.15) is 10.4 Å². The molecule has 0 unspecified atom stereocenters. The van der Waals surface area contributed by atoms with Crippen molar-refractivity contribution in [2.24, 2.45) is 0 Å².